The van der Waals surface area contributed by atoms with E-state index in [4.69, 9.17) is 0 Å². The standard InChI is InChI=1S/C17H26N2S/c1-19-15-6-5-7-16(19)13-14(12-15)18-10-11-20-17-8-3-2-4-9-17/h2-4,8-9,14-16,18H,5-7,10-13H2,1H3. The smallest absolute Gasteiger partial charge is 0.0110 e. The lowest BCUT2D eigenvalue weighted by molar-refractivity contribution is 0.0491. The fourth-order valence-electron chi connectivity index (χ4n) is 3.73. The van der Waals surface area contributed by atoms with Crippen LogP contribution in [0.25, 0.3) is 0 Å². The Morgan fingerprint density at radius 1 is 1.15 bits per heavy atom. The van der Waals surface area contributed by atoms with E-state index in [-0.39, 0.29) is 0 Å². The minimum absolute atomic E-state index is 0.748. The highest BCUT2D eigenvalue weighted by atomic mass is 32.2. The van der Waals surface area contributed by atoms with Crippen molar-refractivity contribution in [2.75, 3.05) is 19.3 Å². The molecule has 2 atom stereocenters. The molecule has 2 aliphatic rings. The van der Waals surface area contributed by atoms with Gasteiger partial charge in [-0.05, 0) is 44.9 Å². The quantitative estimate of drug-likeness (QED) is 0.661. The highest BCUT2D eigenvalue weighted by Gasteiger charge is 2.35. The van der Waals surface area contributed by atoms with Gasteiger partial charge in [-0.2, -0.15) is 0 Å². The van der Waals surface area contributed by atoms with E-state index in [0.29, 0.717) is 0 Å². The molecule has 0 radical (unpaired) electrons. The van der Waals surface area contributed by atoms with Gasteiger partial charge in [0.05, 0.1) is 0 Å². The van der Waals surface area contributed by atoms with E-state index >= 15 is 0 Å². The summed E-state index contributed by atoms with van der Waals surface area (Å²) in [6, 6.07) is 13.1. The van der Waals surface area contributed by atoms with Gasteiger partial charge in [-0.25, -0.2) is 0 Å². The van der Waals surface area contributed by atoms with Gasteiger partial charge in [-0.3, -0.25) is 0 Å². The number of benzene rings is 1. The van der Waals surface area contributed by atoms with Gasteiger partial charge in [0.1, 0.15) is 0 Å². The maximum atomic E-state index is 3.79. The molecule has 2 saturated heterocycles. The van der Waals surface area contributed by atoms with Crippen molar-refractivity contribution in [1.82, 2.24) is 10.2 Å². The molecule has 1 N–H and O–H groups in total. The highest BCUT2D eigenvalue weighted by molar-refractivity contribution is 7.99. The van der Waals surface area contributed by atoms with Gasteiger partial charge in [0.2, 0.25) is 0 Å². The monoisotopic (exact) mass is 290 g/mol. The minimum atomic E-state index is 0.748. The molecule has 1 aromatic carbocycles. The zero-order valence-electron chi connectivity index (χ0n) is 12.4. The first-order chi connectivity index (χ1) is 9.83. The van der Waals surface area contributed by atoms with Crippen LogP contribution in [0.15, 0.2) is 35.2 Å². The Kier molecular flexibility index (Phi) is 5.03. The second-order valence-corrected chi connectivity index (χ2v) is 7.36. The largest absolute Gasteiger partial charge is 0.313 e. The van der Waals surface area contributed by atoms with Crippen LogP contribution in [0.4, 0.5) is 0 Å². The van der Waals surface area contributed by atoms with Gasteiger partial charge in [0.25, 0.3) is 0 Å². The molecular formula is C17H26N2S. The number of thioether (sulfide) groups is 1. The van der Waals surface area contributed by atoms with Crippen molar-refractivity contribution in [3.63, 3.8) is 0 Å². The molecule has 2 heterocycles. The van der Waals surface area contributed by atoms with Crippen LogP contribution < -0.4 is 5.32 Å². The molecule has 3 rings (SSSR count). The molecule has 2 aliphatic heterocycles. The van der Waals surface area contributed by atoms with Crippen molar-refractivity contribution in [2.45, 2.75) is 55.1 Å². The fourth-order valence-corrected chi connectivity index (χ4v) is 4.54. The van der Waals surface area contributed by atoms with Crippen LogP contribution in [0.1, 0.15) is 32.1 Å². The van der Waals surface area contributed by atoms with E-state index in [1.165, 1.54) is 42.8 Å². The van der Waals surface area contributed by atoms with E-state index < -0.39 is 0 Å². The maximum absolute atomic E-state index is 3.79. The van der Waals surface area contributed by atoms with Crippen LogP contribution in [0.5, 0.6) is 0 Å². The van der Waals surface area contributed by atoms with Gasteiger partial charge >= 0.3 is 0 Å². The third-order valence-corrected chi connectivity index (χ3v) is 5.90. The van der Waals surface area contributed by atoms with Gasteiger partial charge in [0.15, 0.2) is 0 Å². The van der Waals surface area contributed by atoms with Gasteiger partial charge < -0.3 is 10.2 Å². The number of hydrogen-bond donors (Lipinski definition) is 1. The predicted molar refractivity (Wildman–Crippen MR) is 87.4 cm³/mol. The van der Waals surface area contributed by atoms with Crippen molar-refractivity contribution >= 4 is 11.8 Å². The lowest BCUT2D eigenvalue weighted by Gasteiger charge is -2.47. The number of nitrogens with one attached hydrogen (secondary N) is 1. The molecule has 2 nitrogen and oxygen atoms in total. The molecule has 110 valence electrons. The Labute approximate surface area is 127 Å². The normalized spacial score (nSPS) is 30.4. The molecule has 2 bridgehead atoms. The molecule has 0 saturated carbocycles. The third kappa shape index (κ3) is 3.57. The first-order valence-electron chi connectivity index (χ1n) is 7.96. The first-order valence-corrected chi connectivity index (χ1v) is 8.94. The summed E-state index contributed by atoms with van der Waals surface area (Å²) in [5.41, 5.74) is 0. The predicted octanol–water partition coefficient (Wildman–Crippen LogP) is 3.38. The van der Waals surface area contributed by atoms with Crippen LogP contribution in [-0.4, -0.2) is 42.4 Å². The summed E-state index contributed by atoms with van der Waals surface area (Å²) in [5.74, 6) is 1.17. The second-order valence-electron chi connectivity index (χ2n) is 6.19. The molecule has 2 unspecified atom stereocenters. The van der Waals surface area contributed by atoms with E-state index in [1.807, 2.05) is 11.8 Å². The zero-order valence-corrected chi connectivity index (χ0v) is 13.2. The number of hydrogen-bond acceptors (Lipinski definition) is 3. The van der Waals surface area contributed by atoms with Crippen LogP contribution in [0.2, 0.25) is 0 Å². The summed E-state index contributed by atoms with van der Waals surface area (Å²) in [7, 11) is 2.33. The van der Waals surface area contributed by atoms with Crippen molar-refractivity contribution in [3.05, 3.63) is 30.3 Å². The Morgan fingerprint density at radius 2 is 1.85 bits per heavy atom. The topological polar surface area (TPSA) is 15.3 Å². The first kappa shape index (κ1) is 14.4. The van der Waals surface area contributed by atoms with Crippen molar-refractivity contribution in [2.24, 2.45) is 0 Å². The van der Waals surface area contributed by atoms with Crippen molar-refractivity contribution < 1.29 is 0 Å². The van der Waals surface area contributed by atoms with Crippen LogP contribution >= 0.6 is 11.8 Å². The summed E-state index contributed by atoms with van der Waals surface area (Å²) in [5, 5.41) is 3.79. The number of fused-ring (bicyclic) bond motifs is 2. The average molecular weight is 290 g/mol. The minimum Gasteiger partial charge on any atom is -0.313 e. The summed E-state index contributed by atoms with van der Waals surface area (Å²) in [4.78, 5) is 4.02. The summed E-state index contributed by atoms with van der Waals surface area (Å²) in [6.07, 6.45) is 6.95. The molecule has 0 amide bonds. The average Bonchev–Trinajstić information content (AvgIpc) is 2.45. The molecule has 0 spiro atoms. The van der Waals surface area contributed by atoms with Gasteiger partial charge in [0, 0.05) is 35.3 Å². The molecule has 20 heavy (non-hydrogen) atoms. The number of piperidine rings is 2. The van der Waals surface area contributed by atoms with Gasteiger partial charge in [-0.1, -0.05) is 24.6 Å². The second kappa shape index (κ2) is 6.97. The van der Waals surface area contributed by atoms with Crippen LogP contribution in [0.3, 0.4) is 0 Å². The molecule has 3 heteroatoms. The van der Waals surface area contributed by atoms with Crippen molar-refractivity contribution in [3.8, 4) is 0 Å². The van der Waals surface area contributed by atoms with E-state index in [1.54, 1.807) is 0 Å². The molecule has 0 aliphatic carbocycles. The number of nitrogens with zero attached hydrogens (tertiary/aromatic N) is 1. The lowest BCUT2D eigenvalue weighted by Crippen LogP contribution is -2.54. The summed E-state index contributed by atoms with van der Waals surface area (Å²) in [6.45, 7) is 1.13. The zero-order chi connectivity index (χ0) is 13.8. The van der Waals surface area contributed by atoms with Crippen molar-refractivity contribution in [1.29, 1.82) is 0 Å². The molecule has 0 aromatic heterocycles. The Bertz CT molecular complexity index is 395. The molecular weight excluding hydrogens is 264 g/mol. The lowest BCUT2D eigenvalue weighted by atomic mass is 9.82. The van der Waals surface area contributed by atoms with E-state index in [2.05, 4.69) is 47.6 Å². The number of rotatable bonds is 5. The third-order valence-electron chi connectivity index (χ3n) is 4.89. The Hall–Kier alpha value is -0.510. The summed E-state index contributed by atoms with van der Waals surface area (Å²) < 4.78 is 0. The molecule has 1 aromatic rings. The maximum Gasteiger partial charge on any atom is 0.0110 e. The SMILES string of the molecule is CN1C2CCCC1CC(NCCSc1ccccc1)C2. The highest BCUT2D eigenvalue weighted by Crippen LogP contribution is 2.32. The van der Waals surface area contributed by atoms with E-state index in [9.17, 15) is 0 Å². The van der Waals surface area contributed by atoms with Crippen LogP contribution in [0, 0.1) is 0 Å². The van der Waals surface area contributed by atoms with Crippen LogP contribution in [-0.2, 0) is 0 Å². The summed E-state index contributed by atoms with van der Waals surface area (Å²) >= 11 is 1.96. The Balaban J connectivity index is 1.39. The fraction of sp³-hybridized carbons (Fsp3) is 0.647. The van der Waals surface area contributed by atoms with Gasteiger partial charge in [-0.15, -0.1) is 11.8 Å². The Morgan fingerprint density at radius 3 is 2.55 bits per heavy atom. The molecule has 2 fully saturated rings. The van der Waals surface area contributed by atoms with E-state index in [0.717, 1.165) is 24.7 Å².